The zero-order valence-corrected chi connectivity index (χ0v) is 16.2. The molecule has 1 aliphatic rings. The van der Waals surface area contributed by atoms with Crippen LogP contribution in [0, 0.1) is 0 Å². The number of aromatic nitrogens is 1. The highest BCUT2D eigenvalue weighted by atomic mass is 32.1. The van der Waals surface area contributed by atoms with Crippen molar-refractivity contribution in [1.29, 1.82) is 0 Å². The van der Waals surface area contributed by atoms with Gasteiger partial charge in [-0.15, -0.1) is 11.3 Å². The van der Waals surface area contributed by atoms with Crippen LogP contribution in [0.3, 0.4) is 0 Å². The summed E-state index contributed by atoms with van der Waals surface area (Å²) < 4.78 is 5.39. The van der Waals surface area contributed by atoms with Crippen LogP contribution in [0.5, 0.6) is 5.75 Å². The van der Waals surface area contributed by atoms with E-state index in [0.29, 0.717) is 35.0 Å². The topological polar surface area (TPSA) is 71.5 Å². The second kappa shape index (κ2) is 7.82. The Bertz CT molecular complexity index is 1020. The third kappa shape index (κ3) is 3.61. The molecule has 3 aromatic rings. The number of carbonyl (C=O) groups excluding carboxylic acids is 2. The monoisotopic (exact) mass is 393 g/mol. The molecule has 0 unspecified atom stereocenters. The molecule has 4 rings (SSSR count). The number of carbonyl (C=O) groups is 2. The fraction of sp³-hybridized carbons (Fsp3) is 0.190. The Hall–Kier alpha value is -3.19. The van der Waals surface area contributed by atoms with Crippen LogP contribution in [-0.4, -0.2) is 30.5 Å². The largest absolute Gasteiger partial charge is 0.495 e. The Kier molecular flexibility index (Phi) is 5.08. The molecule has 0 atom stereocenters. The van der Waals surface area contributed by atoms with Crippen LogP contribution in [0.2, 0.25) is 0 Å². The van der Waals surface area contributed by atoms with Crippen LogP contribution in [0.4, 0.5) is 11.4 Å². The Morgan fingerprint density at radius 1 is 1.21 bits per heavy atom. The summed E-state index contributed by atoms with van der Waals surface area (Å²) in [5, 5.41) is 3.69. The molecule has 1 fully saturated rings. The summed E-state index contributed by atoms with van der Waals surface area (Å²) in [5.41, 5.74) is 2.26. The lowest BCUT2D eigenvalue weighted by Gasteiger charge is -2.20. The number of amides is 2. The quantitative estimate of drug-likeness (QED) is 0.705. The normalized spacial score (nSPS) is 13.6. The van der Waals surface area contributed by atoms with Crippen LogP contribution in [0.1, 0.15) is 22.5 Å². The van der Waals surface area contributed by atoms with Crippen molar-refractivity contribution in [3.63, 3.8) is 0 Å². The lowest BCUT2D eigenvalue weighted by atomic mass is 10.2. The Morgan fingerprint density at radius 3 is 2.75 bits per heavy atom. The molecular formula is C21H19N3O3S. The van der Waals surface area contributed by atoms with E-state index >= 15 is 0 Å². The summed E-state index contributed by atoms with van der Waals surface area (Å²) in [5.74, 6) is 0.442. The van der Waals surface area contributed by atoms with Crippen LogP contribution in [0.15, 0.2) is 54.7 Å². The van der Waals surface area contributed by atoms with E-state index in [-0.39, 0.29) is 11.8 Å². The smallest absolute Gasteiger partial charge is 0.267 e. The number of hydrogen-bond acceptors (Lipinski definition) is 5. The molecule has 0 bridgehead atoms. The summed E-state index contributed by atoms with van der Waals surface area (Å²) in [7, 11) is 1.57. The van der Waals surface area contributed by atoms with E-state index in [0.717, 1.165) is 17.0 Å². The number of ether oxygens (including phenoxy) is 1. The molecule has 28 heavy (non-hydrogen) atoms. The predicted octanol–water partition coefficient (Wildman–Crippen LogP) is 4.20. The second-order valence-electron chi connectivity index (χ2n) is 6.39. The first kappa shape index (κ1) is 18.2. The molecule has 0 spiro atoms. The third-order valence-electron chi connectivity index (χ3n) is 4.55. The first-order chi connectivity index (χ1) is 13.7. The molecule has 0 saturated carbocycles. The van der Waals surface area contributed by atoms with E-state index in [2.05, 4.69) is 10.3 Å². The zero-order valence-electron chi connectivity index (χ0n) is 15.3. The average molecular weight is 393 g/mol. The average Bonchev–Trinajstić information content (AvgIpc) is 3.38. The van der Waals surface area contributed by atoms with Gasteiger partial charge in [0.05, 0.1) is 19.0 Å². The van der Waals surface area contributed by atoms with Crippen LogP contribution < -0.4 is 15.0 Å². The van der Waals surface area contributed by atoms with Crippen molar-refractivity contribution < 1.29 is 14.3 Å². The molecule has 2 aromatic carbocycles. The highest BCUT2D eigenvalue weighted by Crippen LogP contribution is 2.34. The Labute approximate surface area is 166 Å². The third-order valence-corrected chi connectivity index (χ3v) is 5.60. The maximum Gasteiger partial charge on any atom is 0.267 e. The summed E-state index contributed by atoms with van der Waals surface area (Å²) in [4.78, 5) is 31.3. The number of hydrogen-bond donors (Lipinski definition) is 1. The summed E-state index contributed by atoms with van der Waals surface area (Å²) in [6.07, 6.45) is 2.93. The minimum absolute atomic E-state index is 0.0664. The van der Waals surface area contributed by atoms with E-state index in [1.807, 2.05) is 30.3 Å². The van der Waals surface area contributed by atoms with Gasteiger partial charge in [0.25, 0.3) is 5.91 Å². The van der Waals surface area contributed by atoms with Crippen molar-refractivity contribution in [2.45, 2.75) is 12.8 Å². The number of nitrogens with one attached hydrogen (secondary N) is 1. The van der Waals surface area contributed by atoms with E-state index in [9.17, 15) is 9.59 Å². The number of nitrogens with zero attached hydrogens (tertiary/aromatic N) is 2. The predicted molar refractivity (Wildman–Crippen MR) is 110 cm³/mol. The van der Waals surface area contributed by atoms with Gasteiger partial charge < -0.3 is 15.0 Å². The number of rotatable bonds is 5. The molecule has 7 heteroatoms. The number of methoxy groups -OCH3 is 1. The maximum atomic E-state index is 12.7. The second-order valence-corrected chi connectivity index (χ2v) is 7.42. The van der Waals surface area contributed by atoms with Crippen molar-refractivity contribution in [2.75, 3.05) is 23.9 Å². The Morgan fingerprint density at radius 2 is 2.04 bits per heavy atom. The van der Waals surface area contributed by atoms with Gasteiger partial charge in [0.1, 0.15) is 15.6 Å². The molecule has 1 saturated heterocycles. The van der Waals surface area contributed by atoms with Gasteiger partial charge in [-0.2, -0.15) is 0 Å². The summed E-state index contributed by atoms with van der Waals surface area (Å²) in [6.45, 7) is 0.655. The van der Waals surface area contributed by atoms with Gasteiger partial charge in [0.2, 0.25) is 5.91 Å². The Balaban J connectivity index is 1.55. The van der Waals surface area contributed by atoms with Gasteiger partial charge in [-0.1, -0.05) is 30.3 Å². The van der Waals surface area contributed by atoms with E-state index in [4.69, 9.17) is 4.74 Å². The molecule has 0 radical (unpaired) electrons. The fourth-order valence-electron chi connectivity index (χ4n) is 3.17. The highest BCUT2D eigenvalue weighted by molar-refractivity contribution is 7.17. The van der Waals surface area contributed by atoms with Crippen LogP contribution >= 0.6 is 11.3 Å². The standard InChI is InChI=1S/C21H19N3O3S/c1-27-17-10-9-15(12-16(17)24-11-5-8-19(24)25)23-20(26)18-13-22-21(28-18)14-6-3-2-4-7-14/h2-4,6-7,9-10,12-13H,5,8,11H2,1H3,(H,23,26). The van der Waals surface area contributed by atoms with Gasteiger partial charge >= 0.3 is 0 Å². The van der Waals surface area contributed by atoms with Gasteiger partial charge in [-0.3, -0.25) is 9.59 Å². The lowest BCUT2D eigenvalue weighted by Crippen LogP contribution is -2.24. The van der Waals surface area contributed by atoms with E-state index in [1.54, 1.807) is 36.4 Å². The maximum absolute atomic E-state index is 12.7. The zero-order chi connectivity index (χ0) is 19.5. The van der Waals surface area contributed by atoms with Crippen LogP contribution in [-0.2, 0) is 4.79 Å². The molecule has 6 nitrogen and oxygen atoms in total. The molecule has 1 aliphatic heterocycles. The first-order valence-electron chi connectivity index (χ1n) is 8.97. The van der Waals surface area contributed by atoms with Crippen molar-refractivity contribution in [2.24, 2.45) is 0 Å². The van der Waals surface area contributed by atoms with Crippen molar-refractivity contribution in [1.82, 2.24) is 4.98 Å². The SMILES string of the molecule is COc1ccc(NC(=O)c2cnc(-c3ccccc3)s2)cc1N1CCCC1=O. The molecule has 2 amide bonds. The van der Waals surface area contributed by atoms with Crippen LogP contribution in [0.25, 0.3) is 10.6 Å². The van der Waals surface area contributed by atoms with Gasteiger partial charge in [-0.25, -0.2) is 4.98 Å². The molecule has 1 aromatic heterocycles. The lowest BCUT2D eigenvalue weighted by molar-refractivity contribution is -0.117. The fourth-order valence-corrected chi connectivity index (χ4v) is 3.98. The van der Waals surface area contributed by atoms with E-state index in [1.165, 1.54) is 11.3 Å². The van der Waals surface area contributed by atoms with E-state index < -0.39 is 0 Å². The number of benzene rings is 2. The van der Waals surface area contributed by atoms with Gasteiger partial charge in [-0.05, 0) is 24.6 Å². The number of anilines is 2. The van der Waals surface area contributed by atoms with Gasteiger partial charge in [0.15, 0.2) is 0 Å². The number of thiazole rings is 1. The van der Waals surface area contributed by atoms with Crippen molar-refractivity contribution in [3.8, 4) is 16.3 Å². The minimum Gasteiger partial charge on any atom is -0.495 e. The molecular weight excluding hydrogens is 374 g/mol. The molecule has 2 heterocycles. The molecule has 0 aliphatic carbocycles. The minimum atomic E-state index is -0.233. The summed E-state index contributed by atoms with van der Waals surface area (Å²) in [6, 6.07) is 15.0. The van der Waals surface area contributed by atoms with Crippen molar-refractivity contribution in [3.05, 3.63) is 59.6 Å². The van der Waals surface area contributed by atoms with Crippen molar-refractivity contribution >= 4 is 34.5 Å². The van der Waals surface area contributed by atoms with Gasteiger partial charge in [0, 0.05) is 24.2 Å². The molecule has 142 valence electrons. The first-order valence-corrected chi connectivity index (χ1v) is 9.78. The highest BCUT2D eigenvalue weighted by Gasteiger charge is 2.25. The summed E-state index contributed by atoms with van der Waals surface area (Å²) >= 11 is 1.34. The molecule has 1 N–H and O–H groups in total.